The van der Waals surface area contributed by atoms with Crippen molar-refractivity contribution >= 4 is 22.3 Å². The maximum absolute atomic E-state index is 5.93. The Balaban J connectivity index is 1.86. The summed E-state index contributed by atoms with van der Waals surface area (Å²) in [5.74, 6) is 0. The third-order valence-electron chi connectivity index (χ3n) is 3.01. The highest BCUT2D eigenvalue weighted by Gasteiger charge is 2.03. The highest BCUT2D eigenvalue weighted by Crippen LogP contribution is 2.26. The zero-order valence-corrected chi connectivity index (χ0v) is 11.8. The number of hydrogen-bond acceptors (Lipinski definition) is 5. The fourth-order valence-corrected chi connectivity index (χ4v) is 1.99. The minimum absolute atomic E-state index is 0.641. The normalized spacial score (nSPS) is 10.8. The van der Waals surface area contributed by atoms with Gasteiger partial charge in [0.1, 0.15) is 0 Å². The molecule has 0 saturated carbocycles. The fraction of sp³-hybridized carbons (Fsp3) is 0.400. The zero-order chi connectivity index (χ0) is 14.2. The largest absolute Gasteiger partial charge is 0.397 e. The van der Waals surface area contributed by atoms with E-state index < -0.39 is 0 Å². The van der Waals surface area contributed by atoms with Crippen LogP contribution < -0.4 is 11.1 Å². The number of hydrogen-bond donors (Lipinski definition) is 2. The van der Waals surface area contributed by atoms with Gasteiger partial charge >= 0.3 is 0 Å². The first kappa shape index (κ1) is 14.6. The van der Waals surface area contributed by atoms with E-state index in [4.69, 9.17) is 15.2 Å². The van der Waals surface area contributed by atoms with E-state index in [9.17, 15) is 0 Å². The van der Waals surface area contributed by atoms with Gasteiger partial charge in [0.2, 0.25) is 0 Å². The lowest BCUT2D eigenvalue weighted by Crippen LogP contribution is -2.08. The minimum Gasteiger partial charge on any atom is -0.397 e. The molecule has 2 rings (SSSR count). The second-order valence-electron chi connectivity index (χ2n) is 4.49. The Labute approximate surface area is 119 Å². The van der Waals surface area contributed by atoms with E-state index in [0.717, 1.165) is 36.2 Å². The van der Waals surface area contributed by atoms with Crippen molar-refractivity contribution in [3.8, 4) is 0 Å². The molecule has 5 nitrogen and oxygen atoms in total. The topological polar surface area (TPSA) is 69.4 Å². The summed E-state index contributed by atoms with van der Waals surface area (Å²) >= 11 is 0. The van der Waals surface area contributed by atoms with Crippen LogP contribution in [-0.2, 0) is 9.47 Å². The molecular weight excluding hydrogens is 254 g/mol. The van der Waals surface area contributed by atoms with Crippen molar-refractivity contribution in [1.82, 2.24) is 4.98 Å². The Bertz CT molecular complexity index is 546. The smallest absolute Gasteiger partial charge is 0.0951 e. The third-order valence-corrected chi connectivity index (χ3v) is 3.01. The van der Waals surface area contributed by atoms with Crippen molar-refractivity contribution in [2.24, 2.45) is 0 Å². The first-order valence-corrected chi connectivity index (χ1v) is 6.76. The lowest BCUT2D eigenvalue weighted by molar-refractivity contribution is 0.0705. The first-order chi connectivity index (χ1) is 9.83. The van der Waals surface area contributed by atoms with Crippen LogP contribution in [0.2, 0.25) is 0 Å². The van der Waals surface area contributed by atoms with Crippen LogP contribution in [0.1, 0.15) is 6.42 Å². The lowest BCUT2D eigenvalue weighted by atomic mass is 10.1. The monoisotopic (exact) mass is 275 g/mol. The van der Waals surface area contributed by atoms with E-state index in [0.29, 0.717) is 18.9 Å². The van der Waals surface area contributed by atoms with Crippen LogP contribution in [0.25, 0.3) is 10.9 Å². The molecule has 3 N–H and O–H groups in total. The van der Waals surface area contributed by atoms with Gasteiger partial charge in [-0.3, -0.25) is 4.98 Å². The number of rotatable bonds is 8. The molecule has 0 saturated heterocycles. The van der Waals surface area contributed by atoms with Crippen molar-refractivity contribution < 1.29 is 9.47 Å². The number of anilines is 2. The molecule has 2 aromatic rings. The Hall–Kier alpha value is -1.85. The zero-order valence-electron chi connectivity index (χ0n) is 11.8. The summed E-state index contributed by atoms with van der Waals surface area (Å²) < 4.78 is 10.3. The molecule has 1 heterocycles. The fourth-order valence-electron chi connectivity index (χ4n) is 1.99. The summed E-state index contributed by atoms with van der Waals surface area (Å²) in [4.78, 5) is 4.32. The predicted molar refractivity (Wildman–Crippen MR) is 82.0 cm³/mol. The van der Waals surface area contributed by atoms with Crippen LogP contribution in [0.4, 0.5) is 11.4 Å². The van der Waals surface area contributed by atoms with Gasteiger partial charge in [0.05, 0.1) is 24.4 Å². The molecule has 0 radical (unpaired) electrons. The second-order valence-corrected chi connectivity index (χ2v) is 4.49. The molecule has 5 heteroatoms. The summed E-state index contributed by atoms with van der Waals surface area (Å²) in [6.07, 6.45) is 2.70. The molecular formula is C15H21N3O2. The van der Waals surface area contributed by atoms with Crippen LogP contribution in [0.3, 0.4) is 0 Å². The summed E-state index contributed by atoms with van der Waals surface area (Å²) in [5, 5.41) is 4.45. The molecule has 0 spiro atoms. The van der Waals surface area contributed by atoms with Crippen LogP contribution in [-0.4, -0.2) is 38.5 Å². The molecule has 1 aromatic heterocycles. The van der Waals surface area contributed by atoms with Gasteiger partial charge < -0.3 is 20.5 Å². The Morgan fingerprint density at radius 2 is 2.10 bits per heavy atom. The molecule has 108 valence electrons. The Kier molecular flexibility index (Phi) is 5.58. The van der Waals surface area contributed by atoms with Crippen LogP contribution >= 0.6 is 0 Å². The average molecular weight is 275 g/mol. The number of nitrogens with two attached hydrogens (primary N) is 1. The van der Waals surface area contributed by atoms with E-state index in [2.05, 4.69) is 10.3 Å². The van der Waals surface area contributed by atoms with Crippen molar-refractivity contribution in [1.29, 1.82) is 0 Å². The number of ether oxygens (including phenoxy) is 2. The average Bonchev–Trinajstić information content (AvgIpc) is 2.49. The highest BCUT2D eigenvalue weighted by molar-refractivity contribution is 5.98. The molecule has 0 aliphatic carbocycles. The van der Waals surface area contributed by atoms with Gasteiger partial charge in [-0.05, 0) is 30.7 Å². The second kappa shape index (κ2) is 7.67. The third kappa shape index (κ3) is 3.82. The first-order valence-electron chi connectivity index (χ1n) is 6.76. The van der Waals surface area contributed by atoms with Gasteiger partial charge in [-0.2, -0.15) is 0 Å². The summed E-state index contributed by atoms with van der Waals surface area (Å²) in [6, 6.07) is 7.81. The maximum atomic E-state index is 5.93. The van der Waals surface area contributed by atoms with Crippen molar-refractivity contribution in [3.05, 3.63) is 30.5 Å². The van der Waals surface area contributed by atoms with E-state index in [1.54, 1.807) is 13.3 Å². The number of nitrogens with one attached hydrogen (secondary N) is 1. The van der Waals surface area contributed by atoms with Crippen LogP contribution in [0, 0.1) is 0 Å². The van der Waals surface area contributed by atoms with E-state index in [1.807, 2.05) is 24.3 Å². The van der Waals surface area contributed by atoms with Crippen LogP contribution in [0.5, 0.6) is 0 Å². The standard InChI is InChI=1S/C15H21N3O2/c1-19-10-11-20-9-3-8-17-14-6-5-13(16)15-12(14)4-2-7-18-15/h2,4-7,17H,3,8-11,16H2,1H3. The summed E-state index contributed by atoms with van der Waals surface area (Å²) in [7, 11) is 1.67. The predicted octanol–water partition coefficient (Wildman–Crippen LogP) is 2.28. The van der Waals surface area contributed by atoms with E-state index in [1.165, 1.54) is 0 Å². The molecule has 0 aliphatic rings. The number of methoxy groups -OCH3 is 1. The number of pyridine rings is 1. The lowest BCUT2D eigenvalue weighted by Gasteiger charge is -2.11. The minimum atomic E-state index is 0.641. The van der Waals surface area contributed by atoms with Crippen molar-refractivity contribution in [3.63, 3.8) is 0 Å². The number of benzene rings is 1. The van der Waals surface area contributed by atoms with Gasteiger partial charge in [0.25, 0.3) is 0 Å². The number of aromatic nitrogens is 1. The van der Waals surface area contributed by atoms with Crippen molar-refractivity contribution in [2.45, 2.75) is 6.42 Å². The molecule has 0 aliphatic heterocycles. The van der Waals surface area contributed by atoms with Gasteiger partial charge in [0.15, 0.2) is 0 Å². The number of nitrogen functional groups attached to an aromatic ring is 1. The van der Waals surface area contributed by atoms with Crippen LogP contribution in [0.15, 0.2) is 30.5 Å². The molecule has 0 fully saturated rings. The SMILES string of the molecule is COCCOCCCNc1ccc(N)c2ncccc12. The molecule has 0 amide bonds. The molecule has 0 atom stereocenters. The van der Waals surface area contributed by atoms with Crippen molar-refractivity contribution in [2.75, 3.05) is 44.5 Å². The maximum Gasteiger partial charge on any atom is 0.0951 e. The Morgan fingerprint density at radius 3 is 2.95 bits per heavy atom. The molecule has 20 heavy (non-hydrogen) atoms. The van der Waals surface area contributed by atoms with Gasteiger partial charge in [-0.15, -0.1) is 0 Å². The quantitative estimate of drug-likeness (QED) is 0.571. The van der Waals surface area contributed by atoms with Gasteiger partial charge in [-0.25, -0.2) is 0 Å². The molecule has 0 bridgehead atoms. The number of nitrogens with zero attached hydrogens (tertiary/aromatic N) is 1. The highest BCUT2D eigenvalue weighted by atomic mass is 16.5. The summed E-state index contributed by atoms with van der Waals surface area (Å²) in [6.45, 7) is 2.86. The molecule has 0 unspecified atom stereocenters. The van der Waals surface area contributed by atoms with E-state index in [-0.39, 0.29) is 0 Å². The van der Waals surface area contributed by atoms with Gasteiger partial charge in [-0.1, -0.05) is 0 Å². The van der Waals surface area contributed by atoms with Gasteiger partial charge in [0, 0.05) is 37.5 Å². The summed E-state index contributed by atoms with van der Waals surface area (Å²) in [5.41, 5.74) is 8.52. The van der Waals surface area contributed by atoms with E-state index >= 15 is 0 Å². The molecule has 1 aromatic carbocycles. The number of fused-ring (bicyclic) bond motifs is 1. The Morgan fingerprint density at radius 1 is 1.20 bits per heavy atom.